The van der Waals surface area contributed by atoms with Crippen LogP contribution in [0, 0.1) is 6.92 Å². The van der Waals surface area contributed by atoms with Gasteiger partial charge in [-0.25, -0.2) is 4.98 Å². The summed E-state index contributed by atoms with van der Waals surface area (Å²) in [5.41, 5.74) is 0.943. The fourth-order valence-electron chi connectivity index (χ4n) is 1.47. The van der Waals surface area contributed by atoms with Crippen LogP contribution < -0.4 is 5.32 Å². The van der Waals surface area contributed by atoms with E-state index in [9.17, 15) is 0 Å². The van der Waals surface area contributed by atoms with Crippen molar-refractivity contribution < 1.29 is 5.11 Å². The van der Waals surface area contributed by atoms with Gasteiger partial charge >= 0.3 is 0 Å². The third-order valence-corrected chi connectivity index (χ3v) is 2.28. The van der Waals surface area contributed by atoms with Crippen LogP contribution in [0.2, 0.25) is 0 Å². The Hall–Kier alpha value is -2.04. The third kappa shape index (κ3) is 2.31. The van der Waals surface area contributed by atoms with Crippen molar-refractivity contribution in [2.45, 2.75) is 13.5 Å². The van der Waals surface area contributed by atoms with Crippen LogP contribution in [0.1, 0.15) is 11.6 Å². The molecule has 1 aromatic carbocycles. The standard InChI is InChI=1S/C11H14N4O/c1-8-13-11(15(2)14-8)7-12-9-3-5-10(16)6-4-9/h3-6,12,16H,7H2,1-2H3. The fourth-order valence-corrected chi connectivity index (χ4v) is 1.47. The zero-order chi connectivity index (χ0) is 11.5. The Morgan fingerprint density at radius 3 is 2.56 bits per heavy atom. The van der Waals surface area contributed by atoms with E-state index in [4.69, 9.17) is 5.11 Å². The Balaban J connectivity index is 2.02. The quantitative estimate of drug-likeness (QED) is 0.765. The maximum absolute atomic E-state index is 9.14. The lowest BCUT2D eigenvalue weighted by Crippen LogP contribution is -2.06. The molecule has 0 aliphatic rings. The number of anilines is 1. The molecule has 0 spiro atoms. The van der Waals surface area contributed by atoms with Crippen molar-refractivity contribution >= 4 is 5.69 Å². The number of aryl methyl sites for hydroxylation is 2. The zero-order valence-electron chi connectivity index (χ0n) is 9.31. The van der Waals surface area contributed by atoms with Crippen LogP contribution in [0.5, 0.6) is 5.75 Å². The Labute approximate surface area is 93.8 Å². The number of phenolic OH excluding ortho intramolecular Hbond substituents is 1. The van der Waals surface area contributed by atoms with Gasteiger partial charge in [-0.2, -0.15) is 5.10 Å². The van der Waals surface area contributed by atoms with Crippen molar-refractivity contribution in [3.05, 3.63) is 35.9 Å². The van der Waals surface area contributed by atoms with Crippen LogP contribution in [0.15, 0.2) is 24.3 Å². The van der Waals surface area contributed by atoms with E-state index in [0.29, 0.717) is 6.54 Å². The number of rotatable bonds is 3. The van der Waals surface area contributed by atoms with Crippen molar-refractivity contribution in [3.8, 4) is 5.75 Å². The molecular formula is C11H14N4O. The Morgan fingerprint density at radius 2 is 2.00 bits per heavy atom. The molecule has 0 fully saturated rings. The molecule has 5 heteroatoms. The van der Waals surface area contributed by atoms with Crippen LogP contribution in [-0.4, -0.2) is 19.9 Å². The molecule has 0 unspecified atom stereocenters. The molecule has 84 valence electrons. The normalized spacial score (nSPS) is 10.4. The fraction of sp³-hybridized carbons (Fsp3) is 0.273. The summed E-state index contributed by atoms with van der Waals surface area (Å²) in [6.07, 6.45) is 0. The minimum Gasteiger partial charge on any atom is -0.508 e. The van der Waals surface area contributed by atoms with Gasteiger partial charge in [0.2, 0.25) is 0 Å². The molecule has 0 aliphatic carbocycles. The minimum atomic E-state index is 0.264. The number of hydrogen-bond acceptors (Lipinski definition) is 4. The van der Waals surface area contributed by atoms with Crippen molar-refractivity contribution in [1.29, 1.82) is 0 Å². The smallest absolute Gasteiger partial charge is 0.147 e. The highest BCUT2D eigenvalue weighted by Crippen LogP contribution is 2.14. The minimum absolute atomic E-state index is 0.264. The second-order valence-corrected chi connectivity index (χ2v) is 3.60. The van der Waals surface area contributed by atoms with Crippen LogP contribution in [0.3, 0.4) is 0 Å². The largest absolute Gasteiger partial charge is 0.508 e. The molecular weight excluding hydrogens is 204 g/mol. The van der Waals surface area contributed by atoms with Gasteiger partial charge in [0.15, 0.2) is 0 Å². The van der Waals surface area contributed by atoms with Gasteiger partial charge in [0.25, 0.3) is 0 Å². The monoisotopic (exact) mass is 218 g/mol. The molecule has 5 nitrogen and oxygen atoms in total. The van der Waals surface area contributed by atoms with Gasteiger partial charge in [0, 0.05) is 12.7 Å². The van der Waals surface area contributed by atoms with Crippen molar-refractivity contribution in [1.82, 2.24) is 14.8 Å². The third-order valence-electron chi connectivity index (χ3n) is 2.28. The Kier molecular flexibility index (Phi) is 2.76. The maximum Gasteiger partial charge on any atom is 0.147 e. The van der Waals surface area contributed by atoms with E-state index in [0.717, 1.165) is 17.3 Å². The highest BCUT2D eigenvalue weighted by Gasteiger charge is 2.02. The van der Waals surface area contributed by atoms with Crippen LogP contribution in [-0.2, 0) is 13.6 Å². The highest BCUT2D eigenvalue weighted by atomic mass is 16.3. The average Bonchev–Trinajstić information content (AvgIpc) is 2.57. The first-order chi connectivity index (χ1) is 7.65. The summed E-state index contributed by atoms with van der Waals surface area (Å²) in [6.45, 7) is 2.48. The molecule has 0 saturated heterocycles. The molecule has 2 aromatic rings. The maximum atomic E-state index is 9.14. The van der Waals surface area contributed by atoms with Crippen molar-refractivity contribution in [2.75, 3.05) is 5.32 Å². The zero-order valence-corrected chi connectivity index (χ0v) is 9.31. The number of aromatic nitrogens is 3. The summed E-state index contributed by atoms with van der Waals surface area (Å²) in [5, 5.41) is 16.5. The van der Waals surface area contributed by atoms with E-state index in [1.54, 1.807) is 16.8 Å². The molecule has 0 bridgehead atoms. The summed E-state index contributed by atoms with van der Waals surface area (Å²) in [6, 6.07) is 6.92. The molecule has 2 rings (SSSR count). The van der Waals surface area contributed by atoms with E-state index in [-0.39, 0.29) is 5.75 Å². The van der Waals surface area contributed by atoms with Gasteiger partial charge in [0.05, 0.1) is 6.54 Å². The number of aromatic hydroxyl groups is 1. The first kappa shape index (κ1) is 10.5. The van der Waals surface area contributed by atoms with Crippen LogP contribution in [0.4, 0.5) is 5.69 Å². The van der Waals surface area contributed by atoms with Gasteiger partial charge < -0.3 is 10.4 Å². The van der Waals surface area contributed by atoms with Gasteiger partial charge in [-0.1, -0.05) is 0 Å². The predicted molar refractivity (Wildman–Crippen MR) is 61.2 cm³/mol. The van der Waals surface area contributed by atoms with E-state index >= 15 is 0 Å². The molecule has 0 amide bonds. The summed E-state index contributed by atoms with van der Waals surface area (Å²) in [7, 11) is 1.87. The second kappa shape index (κ2) is 4.22. The molecule has 0 atom stereocenters. The SMILES string of the molecule is Cc1nc(CNc2ccc(O)cc2)n(C)n1. The molecule has 0 radical (unpaired) electrons. The topological polar surface area (TPSA) is 63.0 Å². The first-order valence-corrected chi connectivity index (χ1v) is 5.04. The van der Waals surface area contributed by atoms with Crippen LogP contribution in [0.25, 0.3) is 0 Å². The lowest BCUT2D eigenvalue weighted by Gasteiger charge is -2.05. The summed E-state index contributed by atoms with van der Waals surface area (Å²) < 4.78 is 1.75. The van der Waals surface area contributed by atoms with E-state index < -0.39 is 0 Å². The number of nitrogens with zero attached hydrogens (tertiary/aromatic N) is 3. The number of phenols is 1. The lowest BCUT2D eigenvalue weighted by atomic mass is 10.3. The van der Waals surface area contributed by atoms with E-state index in [1.165, 1.54) is 0 Å². The van der Waals surface area contributed by atoms with E-state index in [2.05, 4.69) is 15.4 Å². The first-order valence-electron chi connectivity index (χ1n) is 5.04. The number of benzene rings is 1. The number of hydrogen-bond donors (Lipinski definition) is 2. The molecule has 1 heterocycles. The Bertz CT molecular complexity index is 475. The van der Waals surface area contributed by atoms with Gasteiger partial charge in [-0.15, -0.1) is 0 Å². The second-order valence-electron chi connectivity index (χ2n) is 3.60. The summed E-state index contributed by atoms with van der Waals surface area (Å²) in [4.78, 5) is 4.28. The van der Waals surface area contributed by atoms with E-state index in [1.807, 2.05) is 26.1 Å². The average molecular weight is 218 g/mol. The number of nitrogens with one attached hydrogen (secondary N) is 1. The lowest BCUT2D eigenvalue weighted by molar-refractivity contribution is 0.475. The van der Waals surface area contributed by atoms with Gasteiger partial charge in [-0.05, 0) is 31.2 Å². The molecule has 0 aliphatic heterocycles. The molecule has 16 heavy (non-hydrogen) atoms. The summed E-state index contributed by atoms with van der Waals surface area (Å²) >= 11 is 0. The van der Waals surface area contributed by atoms with Crippen molar-refractivity contribution in [2.24, 2.45) is 7.05 Å². The molecule has 1 aromatic heterocycles. The Morgan fingerprint density at radius 1 is 1.31 bits per heavy atom. The molecule has 0 saturated carbocycles. The van der Waals surface area contributed by atoms with Gasteiger partial charge in [0.1, 0.15) is 17.4 Å². The predicted octanol–water partition coefficient (Wildman–Crippen LogP) is 1.44. The highest BCUT2D eigenvalue weighted by molar-refractivity contribution is 5.45. The van der Waals surface area contributed by atoms with Crippen LogP contribution >= 0.6 is 0 Å². The molecule has 2 N–H and O–H groups in total. The van der Waals surface area contributed by atoms with Gasteiger partial charge in [-0.3, -0.25) is 4.68 Å². The summed E-state index contributed by atoms with van der Waals surface area (Å²) in [5.74, 6) is 1.91. The van der Waals surface area contributed by atoms with Crippen molar-refractivity contribution in [3.63, 3.8) is 0 Å².